The summed E-state index contributed by atoms with van der Waals surface area (Å²) in [5.41, 5.74) is 5.30. The largest absolute Gasteiger partial charge is 0.376 e. The van der Waals surface area contributed by atoms with Gasteiger partial charge in [0.15, 0.2) is 0 Å². The highest BCUT2D eigenvalue weighted by molar-refractivity contribution is 6.30. The molecule has 1 atom stereocenters. The van der Waals surface area contributed by atoms with Crippen LogP contribution in [0.1, 0.15) is 34.3 Å². The van der Waals surface area contributed by atoms with Crippen LogP contribution in [0.4, 0.5) is 5.95 Å². The number of aromatic nitrogens is 2. The molecule has 1 saturated heterocycles. The molecule has 1 aromatic heterocycles. The molecule has 2 heterocycles. The van der Waals surface area contributed by atoms with Gasteiger partial charge in [-0.25, -0.2) is 4.98 Å². The molecular weight excluding hydrogens is 512 g/mol. The molecule has 0 spiro atoms. The van der Waals surface area contributed by atoms with E-state index in [1.807, 2.05) is 73.1 Å². The lowest BCUT2D eigenvalue weighted by atomic mass is 10.1. The van der Waals surface area contributed by atoms with Gasteiger partial charge in [-0.3, -0.25) is 19.5 Å². The van der Waals surface area contributed by atoms with Crippen molar-refractivity contribution in [3.05, 3.63) is 101 Å². The predicted octanol–water partition coefficient (Wildman–Crippen LogP) is 6.07. The van der Waals surface area contributed by atoms with Crippen LogP contribution in [0.3, 0.4) is 0 Å². The van der Waals surface area contributed by atoms with Crippen molar-refractivity contribution in [3.8, 4) is 16.9 Å². The molecule has 3 aromatic carbocycles. The Balaban J connectivity index is 1.41. The first-order chi connectivity index (χ1) is 18.9. The minimum Gasteiger partial charge on any atom is -0.376 e. The summed E-state index contributed by atoms with van der Waals surface area (Å²) < 4.78 is 7.63. The van der Waals surface area contributed by atoms with Crippen molar-refractivity contribution < 1.29 is 14.3 Å². The van der Waals surface area contributed by atoms with Crippen LogP contribution < -0.4 is 5.32 Å². The second-order valence-electron chi connectivity index (χ2n) is 9.90. The van der Waals surface area contributed by atoms with E-state index >= 15 is 0 Å². The molecule has 39 heavy (non-hydrogen) atoms. The minimum absolute atomic E-state index is 0.100. The van der Waals surface area contributed by atoms with Gasteiger partial charge in [-0.05, 0) is 63.1 Å². The van der Waals surface area contributed by atoms with Crippen molar-refractivity contribution in [1.82, 2.24) is 14.5 Å². The Bertz CT molecular complexity index is 1440. The van der Waals surface area contributed by atoms with Crippen molar-refractivity contribution in [2.45, 2.75) is 32.8 Å². The van der Waals surface area contributed by atoms with Gasteiger partial charge in [0.25, 0.3) is 5.91 Å². The number of ether oxygens (including phenoxy) is 1. The molecule has 1 aliphatic heterocycles. The van der Waals surface area contributed by atoms with Crippen LogP contribution in [-0.2, 0) is 9.53 Å². The number of hydrogen-bond acceptors (Lipinski definition) is 4. The molecule has 1 N–H and O–H groups in total. The summed E-state index contributed by atoms with van der Waals surface area (Å²) in [6.45, 7) is 4.92. The fraction of sp³-hybridized carbons (Fsp3) is 0.258. The van der Waals surface area contributed by atoms with Crippen LogP contribution >= 0.6 is 11.6 Å². The number of carbonyl (C=O) groups excluding carboxylic acids is 2. The molecule has 200 valence electrons. The van der Waals surface area contributed by atoms with Gasteiger partial charge in [0.05, 0.1) is 11.8 Å². The highest BCUT2D eigenvalue weighted by Crippen LogP contribution is 2.25. The topological polar surface area (TPSA) is 76.5 Å². The minimum atomic E-state index is -0.343. The van der Waals surface area contributed by atoms with Gasteiger partial charge in [0.2, 0.25) is 11.9 Å². The number of aryl methyl sites for hydroxylation is 2. The maximum absolute atomic E-state index is 13.4. The Morgan fingerprint density at radius 3 is 2.31 bits per heavy atom. The van der Waals surface area contributed by atoms with Crippen molar-refractivity contribution >= 4 is 29.4 Å². The van der Waals surface area contributed by atoms with Crippen molar-refractivity contribution in [1.29, 1.82) is 0 Å². The Morgan fingerprint density at radius 1 is 1.00 bits per heavy atom. The van der Waals surface area contributed by atoms with Gasteiger partial charge in [0, 0.05) is 41.2 Å². The number of nitrogens with zero attached hydrogens (tertiary/aromatic N) is 3. The molecule has 0 bridgehead atoms. The highest BCUT2D eigenvalue weighted by Gasteiger charge is 2.26. The molecule has 1 fully saturated rings. The Morgan fingerprint density at radius 2 is 1.67 bits per heavy atom. The number of benzene rings is 3. The summed E-state index contributed by atoms with van der Waals surface area (Å²) in [6.07, 6.45) is 3.60. The van der Waals surface area contributed by atoms with Gasteiger partial charge in [-0.2, -0.15) is 0 Å². The quantitative estimate of drug-likeness (QED) is 0.293. The van der Waals surface area contributed by atoms with E-state index < -0.39 is 0 Å². The molecular formula is C31H31ClN4O3. The van der Waals surface area contributed by atoms with E-state index in [9.17, 15) is 9.59 Å². The molecule has 1 unspecified atom stereocenters. The molecule has 7 nitrogen and oxygen atoms in total. The first-order valence-electron chi connectivity index (χ1n) is 13.1. The molecule has 8 heteroatoms. The van der Waals surface area contributed by atoms with Gasteiger partial charge in [0.1, 0.15) is 6.54 Å². The zero-order chi connectivity index (χ0) is 27.4. The third-order valence-electron chi connectivity index (χ3n) is 6.78. The van der Waals surface area contributed by atoms with Crippen molar-refractivity contribution in [2.24, 2.45) is 0 Å². The average Bonchev–Trinajstić information content (AvgIpc) is 3.59. The first kappa shape index (κ1) is 26.7. The number of carbonyl (C=O) groups is 2. The number of anilines is 1. The van der Waals surface area contributed by atoms with Crippen LogP contribution in [0.25, 0.3) is 16.9 Å². The van der Waals surface area contributed by atoms with E-state index in [1.165, 1.54) is 4.90 Å². The maximum Gasteiger partial charge on any atom is 0.254 e. The van der Waals surface area contributed by atoms with Crippen molar-refractivity contribution in [3.63, 3.8) is 0 Å². The summed E-state index contributed by atoms with van der Waals surface area (Å²) in [5, 5.41) is 3.50. The lowest BCUT2D eigenvalue weighted by Crippen LogP contribution is -2.42. The van der Waals surface area contributed by atoms with Gasteiger partial charge in [-0.15, -0.1) is 0 Å². The lowest BCUT2D eigenvalue weighted by Gasteiger charge is -2.25. The summed E-state index contributed by atoms with van der Waals surface area (Å²) in [5.74, 6) is -0.209. The molecule has 1 aliphatic rings. The van der Waals surface area contributed by atoms with E-state index in [0.29, 0.717) is 29.7 Å². The first-order valence-corrected chi connectivity index (χ1v) is 13.4. The number of rotatable bonds is 8. The van der Waals surface area contributed by atoms with Gasteiger partial charge in [-0.1, -0.05) is 59.1 Å². The monoisotopic (exact) mass is 542 g/mol. The van der Waals surface area contributed by atoms with E-state index in [2.05, 4.69) is 5.32 Å². The fourth-order valence-electron chi connectivity index (χ4n) is 4.60. The van der Waals surface area contributed by atoms with Crippen LogP contribution in [-0.4, -0.2) is 52.1 Å². The van der Waals surface area contributed by atoms with Crippen molar-refractivity contribution in [2.75, 3.05) is 25.0 Å². The zero-order valence-electron chi connectivity index (χ0n) is 22.1. The molecule has 5 rings (SSSR count). The van der Waals surface area contributed by atoms with Crippen LogP contribution in [0.5, 0.6) is 0 Å². The lowest BCUT2D eigenvalue weighted by molar-refractivity contribution is -0.117. The highest BCUT2D eigenvalue weighted by atomic mass is 35.5. The Kier molecular flexibility index (Phi) is 8.10. The van der Waals surface area contributed by atoms with Crippen LogP contribution in [0.2, 0.25) is 5.02 Å². The fourth-order valence-corrected chi connectivity index (χ4v) is 4.73. The molecule has 0 saturated carbocycles. The SMILES string of the molecule is Cc1ccc(-c2cn(-c3ccc(C)cc3)c(NC(=O)CN(CC3CCCO3)C(=O)c3ccc(Cl)cc3)n2)cc1. The molecule has 4 aromatic rings. The summed E-state index contributed by atoms with van der Waals surface area (Å²) in [4.78, 5) is 33.1. The standard InChI is InChI=1S/C31H31ClN4O3/c1-21-5-9-23(10-6-21)28-19-36(26-15-7-22(2)8-16-26)31(33-28)34-29(37)20-35(18-27-4-3-17-39-27)30(38)24-11-13-25(32)14-12-24/h5-16,19,27H,3-4,17-18,20H2,1-2H3,(H,33,34,37). The third-order valence-corrected chi connectivity index (χ3v) is 7.03. The average molecular weight is 543 g/mol. The number of nitrogens with one attached hydrogen (secondary N) is 1. The maximum atomic E-state index is 13.4. The molecule has 2 amide bonds. The molecule has 0 aliphatic carbocycles. The second kappa shape index (κ2) is 11.8. The van der Waals surface area contributed by atoms with Gasteiger partial charge < -0.3 is 9.64 Å². The van der Waals surface area contributed by atoms with E-state index in [0.717, 1.165) is 40.9 Å². The number of amides is 2. The van der Waals surface area contributed by atoms with Crippen LogP contribution in [0, 0.1) is 13.8 Å². The zero-order valence-corrected chi connectivity index (χ0v) is 22.8. The van der Waals surface area contributed by atoms with E-state index in [-0.39, 0.29) is 24.5 Å². The van der Waals surface area contributed by atoms with E-state index in [4.69, 9.17) is 21.3 Å². The normalized spacial score (nSPS) is 14.8. The number of imidazole rings is 1. The second-order valence-corrected chi connectivity index (χ2v) is 10.3. The van der Waals surface area contributed by atoms with E-state index in [1.54, 1.807) is 24.3 Å². The summed E-state index contributed by atoms with van der Waals surface area (Å²) in [6, 6.07) is 22.8. The third kappa shape index (κ3) is 6.56. The Labute approximate surface area is 233 Å². The van der Waals surface area contributed by atoms with Gasteiger partial charge >= 0.3 is 0 Å². The Hall–Kier alpha value is -3.94. The molecule has 0 radical (unpaired) electrons. The predicted molar refractivity (Wildman–Crippen MR) is 153 cm³/mol. The smallest absolute Gasteiger partial charge is 0.254 e. The number of halogens is 1. The van der Waals surface area contributed by atoms with Crippen LogP contribution in [0.15, 0.2) is 79.0 Å². The number of hydrogen-bond donors (Lipinski definition) is 1. The summed E-state index contributed by atoms with van der Waals surface area (Å²) in [7, 11) is 0. The summed E-state index contributed by atoms with van der Waals surface area (Å²) >= 11 is 6.02.